The number of sulfone groups is 1. The number of benzene rings is 2. The van der Waals surface area contributed by atoms with E-state index in [4.69, 9.17) is 11.6 Å². The van der Waals surface area contributed by atoms with Crippen molar-refractivity contribution in [1.82, 2.24) is 0 Å². The first-order valence-corrected chi connectivity index (χ1v) is 7.27. The van der Waals surface area contributed by atoms with E-state index in [-0.39, 0.29) is 16.4 Å². The maximum atomic E-state index is 12.1. The van der Waals surface area contributed by atoms with Crippen LogP contribution in [0.15, 0.2) is 53.4 Å². The first-order chi connectivity index (χ1) is 8.49. The fourth-order valence-corrected chi connectivity index (χ4v) is 3.13. The van der Waals surface area contributed by atoms with Crippen LogP contribution in [0.2, 0.25) is 5.02 Å². The van der Waals surface area contributed by atoms with Gasteiger partial charge in [0, 0.05) is 10.6 Å². The van der Waals surface area contributed by atoms with Gasteiger partial charge in [0.1, 0.15) is 5.75 Å². The summed E-state index contributed by atoms with van der Waals surface area (Å²) in [4.78, 5) is 0.236. The van der Waals surface area contributed by atoms with E-state index in [1.807, 2.05) is 0 Å². The molecule has 0 amide bonds. The monoisotopic (exact) mass is 282 g/mol. The van der Waals surface area contributed by atoms with Crippen LogP contribution < -0.4 is 0 Å². The van der Waals surface area contributed by atoms with Crippen molar-refractivity contribution in [2.75, 3.05) is 0 Å². The van der Waals surface area contributed by atoms with E-state index in [9.17, 15) is 13.5 Å². The van der Waals surface area contributed by atoms with Crippen molar-refractivity contribution in [2.45, 2.75) is 10.6 Å². The maximum Gasteiger partial charge on any atom is 0.182 e. The Morgan fingerprint density at radius 2 is 1.72 bits per heavy atom. The van der Waals surface area contributed by atoms with Gasteiger partial charge in [-0.25, -0.2) is 8.42 Å². The molecular formula is C13H11ClO3S. The molecule has 18 heavy (non-hydrogen) atoms. The van der Waals surface area contributed by atoms with Crippen molar-refractivity contribution in [2.24, 2.45) is 0 Å². The molecule has 1 N–H and O–H groups in total. The summed E-state index contributed by atoms with van der Waals surface area (Å²) in [6, 6.07) is 12.5. The number of hydrogen-bond acceptors (Lipinski definition) is 3. The summed E-state index contributed by atoms with van der Waals surface area (Å²) in [5, 5.41) is 10.0. The molecule has 0 fully saturated rings. The molecule has 2 rings (SSSR count). The predicted molar refractivity (Wildman–Crippen MR) is 70.4 cm³/mol. The molecule has 0 saturated carbocycles. The summed E-state index contributed by atoms with van der Waals surface area (Å²) in [7, 11) is -3.45. The Bertz CT molecular complexity index is 651. The van der Waals surface area contributed by atoms with E-state index in [1.54, 1.807) is 24.3 Å². The second-order valence-corrected chi connectivity index (χ2v) is 6.27. The van der Waals surface area contributed by atoms with Gasteiger partial charge in [0.15, 0.2) is 9.84 Å². The fourth-order valence-electron chi connectivity index (χ4n) is 1.57. The van der Waals surface area contributed by atoms with Gasteiger partial charge in [-0.15, -0.1) is 0 Å². The highest BCUT2D eigenvalue weighted by molar-refractivity contribution is 7.90. The molecule has 94 valence electrons. The lowest BCUT2D eigenvalue weighted by Gasteiger charge is -2.06. The largest absolute Gasteiger partial charge is 0.508 e. The van der Waals surface area contributed by atoms with E-state index >= 15 is 0 Å². The Morgan fingerprint density at radius 3 is 2.33 bits per heavy atom. The van der Waals surface area contributed by atoms with Gasteiger partial charge in [-0.2, -0.15) is 0 Å². The first-order valence-electron chi connectivity index (χ1n) is 5.24. The third-order valence-corrected chi connectivity index (χ3v) is 4.41. The number of phenols is 1. The highest BCUT2D eigenvalue weighted by Gasteiger charge is 2.17. The topological polar surface area (TPSA) is 54.4 Å². The summed E-state index contributed by atoms with van der Waals surface area (Å²) in [5.74, 6) is -0.359. The highest BCUT2D eigenvalue weighted by atomic mass is 35.5. The molecule has 0 aliphatic carbocycles. The molecule has 0 spiro atoms. The third-order valence-electron chi connectivity index (χ3n) is 2.50. The lowest BCUT2D eigenvalue weighted by molar-refractivity contribution is 0.470. The van der Waals surface area contributed by atoms with E-state index in [0.29, 0.717) is 10.6 Å². The Kier molecular flexibility index (Phi) is 3.59. The summed E-state index contributed by atoms with van der Waals surface area (Å²) in [5.41, 5.74) is 0.336. The van der Waals surface area contributed by atoms with E-state index < -0.39 is 9.84 Å². The minimum Gasteiger partial charge on any atom is -0.508 e. The smallest absolute Gasteiger partial charge is 0.182 e. The predicted octanol–water partition coefficient (Wildman–Crippen LogP) is 3.02. The molecular weight excluding hydrogens is 272 g/mol. The number of rotatable bonds is 3. The van der Waals surface area contributed by atoms with Crippen molar-refractivity contribution in [3.05, 3.63) is 59.1 Å². The fraction of sp³-hybridized carbons (Fsp3) is 0.0769. The molecule has 5 heteroatoms. The Morgan fingerprint density at radius 1 is 1.06 bits per heavy atom. The van der Waals surface area contributed by atoms with Crippen LogP contribution in [0.3, 0.4) is 0 Å². The van der Waals surface area contributed by atoms with Crippen LogP contribution in [0, 0.1) is 0 Å². The summed E-state index contributed by atoms with van der Waals surface area (Å²) < 4.78 is 24.2. The Labute approximate surface area is 111 Å². The van der Waals surface area contributed by atoms with Crippen molar-refractivity contribution in [1.29, 1.82) is 0 Å². The average Bonchev–Trinajstić information content (AvgIpc) is 2.34. The van der Waals surface area contributed by atoms with E-state index in [1.165, 1.54) is 24.3 Å². The number of halogens is 1. The van der Waals surface area contributed by atoms with Crippen LogP contribution in [0.1, 0.15) is 5.56 Å². The van der Waals surface area contributed by atoms with Gasteiger partial charge in [0.2, 0.25) is 0 Å². The second kappa shape index (κ2) is 5.00. The second-order valence-electron chi connectivity index (χ2n) is 3.85. The molecule has 0 atom stereocenters. The van der Waals surface area contributed by atoms with Crippen molar-refractivity contribution < 1.29 is 13.5 Å². The molecule has 0 heterocycles. The van der Waals surface area contributed by atoms with Crippen LogP contribution in [0.4, 0.5) is 0 Å². The molecule has 0 aromatic heterocycles. The first kappa shape index (κ1) is 12.9. The van der Waals surface area contributed by atoms with Crippen LogP contribution in [-0.2, 0) is 15.6 Å². The lowest BCUT2D eigenvalue weighted by Crippen LogP contribution is -2.04. The number of hydrogen-bond donors (Lipinski definition) is 1. The van der Waals surface area contributed by atoms with Crippen LogP contribution in [0.25, 0.3) is 0 Å². The van der Waals surface area contributed by atoms with Gasteiger partial charge < -0.3 is 5.11 Å². The van der Waals surface area contributed by atoms with Gasteiger partial charge in [-0.3, -0.25) is 0 Å². The zero-order valence-corrected chi connectivity index (χ0v) is 10.9. The molecule has 0 radical (unpaired) electrons. The van der Waals surface area contributed by atoms with Crippen molar-refractivity contribution in [3.8, 4) is 5.75 Å². The van der Waals surface area contributed by atoms with Crippen LogP contribution in [0.5, 0.6) is 5.75 Å². The quantitative estimate of drug-likeness (QED) is 0.941. The van der Waals surface area contributed by atoms with Crippen molar-refractivity contribution >= 4 is 21.4 Å². The minimum absolute atomic E-state index is 0.109. The zero-order chi connectivity index (χ0) is 13.2. The lowest BCUT2D eigenvalue weighted by atomic mass is 10.2. The molecule has 0 aliphatic heterocycles. The molecule has 0 unspecified atom stereocenters. The van der Waals surface area contributed by atoms with E-state index in [0.717, 1.165) is 0 Å². The SMILES string of the molecule is O=S(=O)(Cc1ccc(Cl)cc1O)c1ccccc1. The van der Waals surface area contributed by atoms with Gasteiger partial charge in [0.05, 0.1) is 10.6 Å². The van der Waals surface area contributed by atoms with Crippen LogP contribution in [-0.4, -0.2) is 13.5 Å². The Hall–Kier alpha value is -1.52. The number of phenolic OH excluding ortho intramolecular Hbond substituents is 1. The minimum atomic E-state index is -3.45. The zero-order valence-electron chi connectivity index (χ0n) is 9.38. The molecule has 0 saturated heterocycles. The number of aromatic hydroxyl groups is 1. The molecule has 2 aromatic carbocycles. The van der Waals surface area contributed by atoms with Crippen molar-refractivity contribution in [3.63, 3.8) is 0 Å². The van der Waals surface area contributed by atoms with Gasteiger partial charge in [0.25, 0.3) is 0 Å². The van der Waals surface area contributed by atoms with Gasteiger partial charge in [-0.05, 0) is 24.3 Å². The summed E-state index contributed by atoms with van der Waals surface area (Å²) in [6.45, 7) is 0. The average molecular weight is 283 g/mol. The molecule has 0 bridgehead atoms. The van der Waals surface area contributed by atoms with E-state index in [2.05, 4.69) is 0 Å². The summed E-state index contributed by atoms with van der Waals surface area (Å²) in [6.07, 6.45) is 0. The molecule has 0 aliphatic rings. The van der Waals surface area contributed by atoms with Gasteiger partial charge in [-0.1, -0.05) is 35.9 Å². The van der Waals surface area contributed by atoms with Gasteiger partial charge >= 0.3 is 0 Å². The molecule has 2 aromatic rings. The molecule has 3 nitrogen and oxygen atoms in total. The Balaban J connectivity index is 2.34. The normalized spacial score (nSPS) is 11.4. The maximum absolute atomic E-state index is 12.1. The third kappa shape index (κ3) is 2.83. The van der Waals surface area contributed by atoms with Crippen LogP contribution >= 0.6 is 11.6 Å². The highest BCUT2D eigenvalue weighted by Crippen LogP contribution is 2.25. The standard InChI is InChI=1S/C13H11ClO3S/c14-11-7-6-10(13(15)8-11)9-18(16,17)12-4-2-1-3-5-12/h1-8,15H,9H2. The summed E-state index contributed by atoms with van der Waals surface area (Å²) >= 11 is 5.70.